The van der Waals surface area contributed by atoms with Gasteiger partial charge in [0.25, 0.3) is 0 Å². The number of hydrogen-bond donors (Lipinski definition) is 2. The highest BCUT2D eigenvalue weighted by Gasteiger charge is 2.26. The first kappa shape index (κ1) is 9.96. The lowest BCUT2D eigenvalue weighted by Gasteiger charge is -2.24. The van der Waals surface area contributed by atoms with Crippen molar-refractivity contribution in [2.45, 2.75) is 57.8 Å². The molecule has 3 nitrogen and oxygen atoms in total. The molecule has 0 saturated heterocycles. The fourth-order valence-corrected chi connectivity index (χ4v) is 1.33. The third-order valence-corrected chi connectivity index (χ3v) is 2.00. The first-order chi connectivity index (χ1) is 5.49. The van der Waals surface area contributed by atoms with E-state index in [9.17, 15) is 5.11 Å². The van der Waals surface area contributed by atoms with Crippen molar-refractivity contribution in [2.24, 2.45) is 0 Å². The average Bonchev–Trinajstić information content (AvgIpc) is 2.29. The number of nitrogens with one attached hydrogen (secondary N) is 1. The van der Waals surface area contributed by atoms with Gasteiger partial charge in [0, 0.05) is 0 Å². The minimum absolute atomic E-state index is 0.129. The van der Waals surface area contributed by atoms with Gasteiger partial charge in [-0.15, -0.1) is 0 Å². The summed E-state index contributed by atoms with van der Waals surface area (Å²) in [5.41, 5.74) is 2.74. The molecule has 2 N–H and O–H groups in total. The van der Waals surface area contributed by atoms with Crippen LogP contribution >= 0.6 is 0 Å². The summed E-state index contributed by atoms with van der Waals surface area (Å²) in [5.74, 6) is 0. The predicted octanol–water partition coefficient (Wildman–Crippen LogP) is 1.22. The molecule has 0 bridgehead atoms. The third kappa shape index (κ3) is 3.09. The lowest BCUT2D eigenvalue weighted by atomic mass is 10.2. The Balaban J connectivity index is 2.23. The van der Waals surface area contributed by atoms with Crippen LogP contribution in [-0.2, 0) is 4.84 Å². The van der Waals surface area contributed by atoms with E-state index in [0.717, 1.165) is 19.3 Å². The summed E-state index contributed by atoms with van der Waals surface area (Å²) in [4.78, 5) is 5.37. The lowest BCUT2D eigenvalue weighted by molar-refractivity contribution is -0.100. The Kier molecular flexibility index (Phi) is 3.09. The highest BCUT2D eigenvalue weighted by Crippen LogP contribution is 2.19. The fourth-order valence-electron chi connectivity index (χ4n) is 1.33. The van der Waals surface area contributed by atoms with Crippen LogP contribution in [0.2, 0.25) is 0 Å². The molecule has 1 aliphatic rings. The van der Waals surface area contributed by atoms with E-state index in [1.807, 2.05) is 20.8 Å². The number of rotatable bonds is 2. The van der Waals surface area contributed by atoms with Crippen molar-refractivity contribution in [2.75, 3.05) is 0 Å². The van der Waals surface area contributed by atoms with E-state index in [0.29, 0.717) is 0 Å². The largest absolute Gasteiger partial charge is 0.391 e. The second-order valence-electron chi connectivity index (χ2n) is 4.44. The quantitative estimate of drug-likeness (QED) is 0.617. The van der Waals surface area contributed by atoms with E-state index in [2.05, 4.69) is 5.48 Å². The number of hydrogen-bond acceptors (Lipinski definition) is 3. The molecule has 72 valence electrons. The second kappa shape index (κ2) is 3.73. The maximum Gasteiger partial charge on any atom is 0.0813 e. The minimum atomic E-state index is -0.229. The van der Waals surface area contributed by atoms with Crippen LogP contribution in [0.5, 0.6) is 0 Å². The molecule has 0 aromatic carbocycles. The van der Waals surface area contributed by atoms with Gasteiger partial charge < -0.3 is 5.11 Å². The molecule has 1 fully saturated rings. The van der Waals surface area contributed by atoms with Crippen molar-refractivity contribution in [1.29, 1.82) is 0 Å². The zero-order valence-electron chi connectivity index (χ0n) is 8.13. The first-order valence-electron chi connectivity index (χ1n) is 4.60. The maximum absolute atomic E-state index is 9.44. The number of aliphatic hydroxyl groups excluding tert-OH is 1. The van der Waals surface area contributed by atoms with E-state index >= 15 is 0 Å². The van der Waals surface area contributed by atoms with Crippen molar-refractivity contribution in [1.82, 2.24) is 5.48 Å². The van der Waals surface area contributed by atoms with Crippen LogP contribution in [0, 0.1) is 0 Å². The van der Waals surface area contributed by atoms with Gasteiger partial charge in [0.15, 0.2) is 0 Å². The van der Waals surface area contributed by atoms with E-state index in [4.69, 9.17) is 4.84 Å². The molecule has 0 amide bonds. The van der Waals surface area contributed by atoms with Crippen molar-refractivity contribution < 1.29 is 9.94 Å². The van der Waals surface area contributed by atoms with Gasteiger partial charge in [-0.3, -0.25) is 4.84 Å². The molecule has 0 aliphatic heterocycles. The fraction of sp³-hybridized carbons (Fsp3) is 1.00. The highest BCUT2D eigenvalue weighted by molar-refractivity contribution is 4.80. The Hall–Kier alpha value is -0.120. The van der Waals surface area contributed by atoms with Crippen molar-refractivity contribution >= 4 is 0 Å². The number of hydroxylamine groups is 1. The van der Waals surface area contributed by atoms with Crippen molar-refractivity contribution in [3.63, 3.8) is 0 Å². The normalized spacial score (nSPS) is 31.0. The highest BCUT2D eigenvalue weighted by atomic mass is 16.7. The molecule has 0 heterocycles. The Morgan fingerprint density at radius 1 is 1.33 bits per heavy atom. The molecule has 3 heteroatoms. The van der Waals surface area contributed by atoms with Gasteiger partial charge in [-0.05, 0) is 40.0 Å². The van der Waals surface area contributed by atoms with Gasteiger partial charge in [-0.25, -0.2) is 0 Å². The summed E-state index contributed by atoms with van der Waals surface area (Å²) >= 11 is 0. The molecule has 1 saturated carbocycles. The third-order valence-electron chi connectivity index (χ3n) is 2.00. The molecule has 1 aliphatic carbocycles. The van der Waals surface area contributed by atoms with Crippen LogP contribution in [0.15, 0.2) is 0 Å². The molecule has 2 atom stereocenters. The van der Waals surface area contributed by atoms with Gasteiger partial charge in [0.1, 0.15) is 0 Å². The summed E-state index contributed by atoms with van der Waals surface area (Å²) in [6.07, 6.45) is 2.77. The van der Waals surface area contributed by atoms with Crippen molar-refractivity contribution in [3.05, 3.63) is 0 Å². The van der Waals surface area contributed by atoms with Gasteiger partial charge in [0.2, 0.25) is 0 Å². The molecule has 1 rings (SSSR count). The van der Waals surface area contributed by atoms with E-state index in [1.54, 1.807) is 0 Å². The van der Waals surface area contributed by atoms with Crippen LogP contribution in [0.1, 0.15) is 40.0 Å². The topological polar surface area (TPSA) is 41.5 Å². The van der Waals surface area contributed by atoms with Crippen molar-refractivity contribution in [3.8, 4) is 0 Å². The molecule has 0 radical (unpaired) electrons. The smallest absolute Gasteiger partial charge is 0.0813 e. The Morgan fingerprint density at radius 2 is 2.00 bits per heavy atom. The van der Waals surface area contributed by atoms with Crippen LogP contribution in [-0.4, -0.2) is 22.9 Å². The Morgan fingerprint density at radius 3 is 2.42 bits per heavy atom. The standard InChI is InChI=1S/C9H19NO2/c1-9(2,3)12-10-7-5-4-6-8(7)11/h7-8,10-11H,4-6H2,1-3H3/t7-,8-/m0/s1. The van der Waals surface area contributed by atoms with Gasteiger partial charge >= 0.3 is 0 Å². The number of aliphatic hydroxyl groups is 1. The first-order valence-corrected chi connectivity index (χ1v) is 4.60. The zero-order valence-corrected chi connectivity index (χ0v) is 8.13. The summed E-state index contributed by atoms with van der Waals surface area (Å²) in [6, 6.07) is 0.129. The zero-order chi connectivity index (χ0) is 9.19. The summed E-state index contributed by atoms with van der Waals surface area (Å²) in [6.45, 7) is 5.96. The molecule has 0 unspecified atom stereocenters. The second-order valence-corrected chi connectivity index (χ2v) is 4.44. The van der Waals surface area contributed by atoms with Gasteiger partial charge in [0.05, 0.1) is 17.7 Å². The average molecular weight is 173 g/mol. The maximum atomic E-state index is 9.44. The van der Waals surface area contributed by atoms with Crippen LogP contribution in [0.3, 0.4) is 0 Å². The van der Waals surface area contributed by atoms with E-state index in [1.165, 1.54) is 0 Å². The SMILES string of the molecule is CC(C)(C)ON[C@H]1CCC[C@@H]1O. The predicted molar refractivity (Wildman–Crippen MR) is 47.6 cm³/mol. The molecule has 0 aromatic heterocycles. The van der Waals surface area contributed by atoms with Crippen LogP contribution in [0.4, 0.5) is 0 Å². The monoisotopic (exact) mass is 173 g/mol. The molecular formula is C9H19NO2. The van der Waals surface area contributed by atoms with Gasteiger partial charge in [-0.2, -0.15) is 5.48 Å². The van der Waals surface area contributed by atoms with Crippen LogP contribution in [0.25, 0.3) is 0 Å². The molecule has 0 spiro atoms. The minimum Gasteiger partial charge on any atom is -0.391 e. The van der Waals surface area contributed by atoms with E-state index in [-0.39, 0.29) is 17.7 Å². The molecular weight excluding hydrogens is 154 g/mol. The van der Waals surface area contributed by atoms with Gasteiger partial charge in [-0.1, -0.05) is 0 Å². The summed E-state index contributed by atoms with van der Waals surface area (Å²) < 4.78 is 0. The lowest BCUT2D eigenvalue weighted by Crippen LogP contribution is -2.40. The van der Waals surface area contributed by atoms with Crippen LogP contribution < -0.4 is 5.48 Å². The summed E-state index contributed by atoms with van der Waals surface area (Å²) in [7, 11) is 0. The molecule has 0 aromatic rings. The molecule has 12 heavy (non-hydrogen) atoms. The Labute approximate surface area is 74.1 Å². The van der Waals surface area contributed by atoms with E-state index < -0.39 is 0 Å². The summed E-state index contributed by atoms with van der Waals surface area (Å²) in [5, 5.41) is 9.44. The Bertz CT molecular complexity index is 142.